The lowest BCUT2D eigenvalue weighted by molar-refractivity contribution is 0.0939. The number of hydrogen-bond acceptors (Lipinski definition) is 5. The van der Waals surface area contributed by atoms with Crippen molar-refractivity contribution in [1.82, 2.24) is 20.8 Å². The van der Waals surface area contributed by atoms with Crippen LogP contribution in [0.1, 0.15) is 55.9 Å². The molecule has 0 bridgehead atoms. The van der Waals surface area contributed by atoms with Crippen LogP contribution in [0.25, 0.3) is 0 Å². The smallest absolute Gasteiger partial charge is 0.315 e. The molecule has 0 spiro atoms. The van der Waals surface area contributed by atoms with Gasteiger partial charge in [-0.3, -0.25) is 0 Å². The number of aliphatic hydroxyl groups is 1. The highest BCUT2D eigenvalue weighted by Crippen LogP contribution is 2.18. The highest BCUT2D eigenvalue weighted by Gasteiger charge is 2.25. The number of nitrogens with one attached hydrogen (secondary N) is 2. The SMILES string of the molecule is CC(NC(=O)NC1CCCCC1O)c1nc(Cc2ccccc2)no1. The molecule has 0 aliphatic heterocycles. The van der Waals surface area contributed by atoms with E-state index in [1.165, 1.54) is 0 Å². The summed E-state index contributed by atoms with van der Waals surface area (Å²) in [6.45, 7) is 1.79. The normalized spacial score (nSPS) is 21.5. The van der Waals surface area contributed by atoms with Gasteiger partial charge in [0.15, 0.2) is 5.82 Å². The molecule has 1 fully saturated rings. The van der Waals surface area contributed by atoms with Crippen LogP contribution in [0.3, 0.4) is 0 Å². The van der Waals surface area contributed by atoms with E-state index in [9.17, 15) is 9.90 Å². The Balaban J connectivity index is 1.52. The van der Waals surface area contributed by atoms with Crippen molar-refractivity contribution in [1.29, 1.82) is 0 Å². The summed E-state index contributed by atoms with van der Waals surface area (Å²) in [5.41, 5.74) is 1.10. The average Bonchev–Trinajstić information content (AvgIpc) is 3.06. The van der Waals surface area contributed by atoms with E-state index in [1.807, 2.05) is 30.3 Å². The summed E-state index contributed by atoms with van der Waals surface area (Å²) >= 11 is 0. The van der Waals surface area contributed by atoms with Crippen LogP contribution in [-0.2, 0) is 6.42 Å². The van der Waals surface area contributed by atoms with Crippen molar-refractivity contribution >= 4 is 6.03 Å². The van der Waals surface area contributed by atoms with Gasteiger partial charge in [-0.2, -0.15) is 4.98 Å². The molecule has 2 amide bonds. The molecule has 3 N–H and O–H groups in total. The number of carbonyl (C=O) groups excluding carboxylic acids is 1. The molecule has 3 atom stereocenters. The summed E-state index contributed by atoms with van der Waals surface area (Å²) in [5, 5.41) is 19.5. The van der Waals surface area contributed by atoms with Crippen LogP contribution in [0.5, 0.6) is 0 Å². The van der Waals surface area contributed by atoms with E-state index in [0.717, 1.165) is 31.2 Å². The van der Waals surface area contributed by atoms with Crippen LogP contribution in [0.2, 0.25) is 0 Å². The van der Waals surface area contributed by atoms with Gasteiger partial charge in [0.25, 0.3) is 0 Å². The fraction of sp³-hybridized carbons (Fsp3) is 0.500. The average molecular weight is 344 g/mol. The summed E-state index contributed by atoms with van der Waals surface area (Å²) in [7, 11) is 0. The van der Waals surface area contributed by atoms with Gasteiger partial charge in [-0.25, -0.2) is 4.79 Å². The van der Waals surface area contributed by atoms with Crippen LogP contribution in [0, 0.1) is 0 Å². The standard InChI is InChI=1S/C18H24N4O3/c1-12(19-18(24)20-14-9-5-6-10-15(14)23)17-21-16(22-25-17)11-13-7-3-2-4-8-13/h2-4,7-8,12,14-15,23H,5-6,9-11H2,1H3,(H2,19,20,24). The molecule has 1 aliphatic rings. The van der Waals surface area contributed by atoms with Gasteiger partial charge in [0.05, 0.1) is 12.1 Å². The Kier molecular flexibility index (Phi) is 5.65. The van der Waals surface area contributed by atoms with Crippen molar-refractivity contribution in [3.63, 3.8) is 0 Å². The summed E-state index contributed by atoms with van der Waals surface area (Å²) in [5.74, 6) is 0.947. The monoisotopic (exact) mass is 344 g/mol. The van der Waals surface area contributed by atoms with Crippen molar-refractivity contribution in [2.45, 2.75) is 57.2 Å². The summed E-state index contributed by atoms with van der Waals surface area (Å²) in [6, 6.07) is 8.95. The van der Waals surface area contributed by atoms with Crippen molar-refractivity contribution in [2.24, 2.45) is 0 Å². The van der Waals surface area contributed by atoms with Gasteiger partial charge < -0.3 is 20.3 Å². The first kappa shape index (κ1) is 17.4. The van der Waals surface area contributed by atoms with Crippen molar-refractivity contribution in [2.75, 3.05) is 0 Å². The second kappa shape index (κ2) is 8.11. The number of aromatic nitrogens is 2. The third-order valence-corrected chi connectivity index (χ3v) is 4.45. The zero-order valence-corrected chi connectivity index (χ0v) is 14.3. The van der Waals surface area contributed by atoms with Gasteiger partial charge in [0.2, 0.25) is 5.89 Å². The summed E-state index contributed by atoms with van der Waals surface area (Å²) in [4.78, 5) is 16.5. The molecule has 7 nitrogen and oxygen atoms in total. The molecule has 25 heavy (non-hydrogen) atoms. The van der Waals surface area contributed by atoms with Crippen LogP contribution < -0.4 is 10.6 Å². The Bertz CT molecular complexity index is 689. The maximum Gasteiger partial charge on any atom is 0.315 e. The molecule has 1 aromatic heterocycles. The first-order chi connectivity index (χ1) is 12.1. The Morgan fingerprint density at radius 1 is 1.32 bits per heavy atom. The van der Waals surface area contributed by atoms with E-state index >= 15 is 0 Å². The minimum absolute atomic E-state index is 0.197. The number of urea groups is 1. The Labute approximate surface area is 146 Å². The minimum atomic E-state index is -0.476. The van der Waals surface area contributed by atoms with Crippen molar-refractivity contribution < 1.29 is 14.4 Å². The van der Waals surface area contributed by atoms with E-state index in [0.29, 0.717) is 18.1 Å². The van der Waals surface area contributed by atoms with E-state index in [4.69, 9.17) is 4.52 Å². The van der Waals surface area contributed by atoms with Gasteiger partial charge in [-0.05, 0) is 25.3 Å². The van der Waals surface area contributed by atoms with E-state index in [-0.39, 0.29) is 12.1 Å². The van der Waals surface area contributed by atoms with Crippen LogP contribution in [0.4, 0.5) is 4.79 Å². The highest BCUT2D eigenvalue weighted by molar-refractivity contribution is 5.74. The van der Waals surface area contributed by atoms with Gasteiger partial charge in [0, 0.05) is 6.42 Å². The lowest BCUT2D eigenvalue weighted by atomic mass is 9.93. The van der Waals surface area contributed by atoms with E-state index < -0.39 is 12.1 Å². The first-order valence-electron chi connectivity index (χ1n) is 8.73. The zero-order valence-electron chi connectivity index (χ0n) is 14.3. The van der Waals surface area contributed by atoms with Gasteiger partial charge in [-0.15, -0.1) is 0 Å². The second-order valence-corrected chi connectivity index (χ2v) is 6.51. The maximum absolute atomic E-state index is 12.1. The first-order valence-corrected chi connectivity index (χ1v) is 8.73. The molecule has 0 radical (unpaired) electrons. The topological polar surface area (TPSA) is 100 Å². The van der Waals surface area contributed by atoms with Crippen LogP contribution >= 0.6 is 0 Å². The molecule has 3 rings (SSSR count). The molecule has 2 aromatic rings. The maximum atomic E-state index is 12.1. The fourth-order valence-corrected chi connectivity index (χ4v) is 3.04. The molecule has 3 unspecified atom stereocenters. The van der Waals surface area contributed by atoms with Crippen molar-refractivity contribution in [3.8, 4) is 0 Å². The molecule has 1 aromatic carbocycles. The molecule has 1 aliphatic carbocycles. The number of benzene rings is 1. The van der Waals surface area contributed by atoms with Crippen molar-refractivity contribution in [3.05, 3.63) is 47.6 Å². The molecular formula is C18H24N4O3. The molecular weight excluding hydrogens is 320 g/mol. The Hall–Kier alpha value is -2.41. The molecule has 7 heteroatoms. The predicted molar refractivity (Wildman–Crippen MR) is 91.9 cm³/mol. The number of rotatable bonds is 5. The van der Waals surface area contributed by atoms with E-state index in [1.54, 1.807) is 6.92 Å². The second-order valence-electron chi connectivity index (χ2n) is 6.51. The number of hydrogen-bond donors (Lipinski definition) is 3. The lowest BCUT2D eigenvalue weighted by Crippen LogP contribution is -2.49. The molecule has 134 valence electrons. The summed E-state index contributed by atoms with van der Waals surface area (Å²) in [6.07, 6.45) is 3.65. The van der Waals surface area contributed by atoms with Gasteiger partial charge in [-0.1, -0.05) is 48.3 Å². The van der Waals surface area contributed by atoms with Crippen LogP contribution in [0.15, 0.2) is 34.9 Å². The number of aliphatic hydroxyl groups excluding tert-OH is 1. The largest absolute Gasteiger partial charge is 0.391 e. The van der Waals surface area contributed by atoms with Gasteiger partial charge >= 0.3 is 6.03 Å². The number of carbonyl (C=O) groups is 1. The molecule has 0 saturated heterocycles. The number of amides is 2. The Morgan fingerprint density at radius 2 is 2.08 bits per heavy atom. The zero-order chi connectivity index (χ0) is 17.6. The quantitative estimate of drug-likeness (QED) is 0.773. The Morgan fingerprint density at radius 3 is 2.84 bits per heavy atom. The molecule has 1 saturated carbocycles. The lowest BCUT2D eigenvalue weighted by Gasteiger charge is -2.28. The minimum Gasteiger partial charge on any atom is -0.391 e. The van der Waals surface area contributed by atoms with Crippen LogP contribution in [-0.4, -0.2) is 33.4 Å². The third-order valence-electron chi connectivity index (χ3n) is 4.45. The predicted octanol–water partition coefficient (Wildman–Crippen LogP) is 2.32. The highest BCUT2D eigenvalue weighted by atomic mass is 16.5. The third kappa shape index (κ3) is 4.79. The van der Waals surface area contributed by atoms with Gasteiger partial charge in [0.1, 0.15) is 6.04 Å². The fourth-order valence-electron chi connectivity index (χ4n) is 3.04. The number of nitrogens with zero attached hydrogens (tertiary/aromatic N) is 2. The molecule has 1 heterocycles. The van der Waals surface area contributed by atoms with E-state index in [2.05, 4.69) is 20.8 Å². The summed E-state index contributed by atoms with van der Waals surface area (Å²) < 4.78 is 5.26.